The van der Waals surface area contributed by atoms with Gasteiger partial charge in [0.25, 0.3) is 5.91 Å². The first kappa shape index (κ1) is 17.2. The normalized spacial score (nSPS) is 10.5. The van der Waals surface area contributed by atoms with Gasteiger partial charge in [-0.05, 0) is 59.1 Å². The highest BCUT2D eigenvalue weighted by molar-refractivity contribution is 7.98. The standard InChI is InChI=1S/C16H14ClN5O2S/c1-25-16-19-20-21-22(16)13-4-2-3-12(9-13)18-15(23)10-24-14-7-5-11(17)6-8-14/h2-9H,10H2,1H3,(H,18,23). The Morgan fingerprint density at radius 1 is 1.28 bits per heavy atom. The molecule has 0 saturated carbocycles. The second kappa shape index (κ2) is 8.00. The van der Waals surface area contributed by atoms with Gasteiger partial charge in [-0.1, -0.05) is 29.4 Å². The number of halogens is 1. The first-order chi connectivity index (χ1) is 12.2. The minimum Gasteiger partial charge on any atom is -0.484 e. The van der Waals surface area contributed by atoms with Crippen LogP contribution in [-0.2, 0) is 4.79 Å². The number of carbonyl (C=O) groups is 1. The summed E-state index contributed by atoms with van der Waals surface area (Å²) in [5.74, 6) is 0.306. The number of anilines is 1. The number of rotatable bonds is 6. The lowest BCUT2D eigenvalue weighted by Crippen LogP contribution is -2.20. The van der Waals surface area contributed by atoms with Gasteiger partial charge in [-0.15, -0.1) is 5.10 Å². The molecule has 0 aliphatic rings. The molecule has 128 valence electrons. The number of nitrogens with one attached hydrogen (secondary N) is 1. The van der Waals surface area contributed by atoms with Crippen LogP contribution < -0.4 is 10.1 Å². The summed E-state index contributed by atoms with van der Waals surface area (Å²) in [5.41, 5.74) is 1.38. The Labute approximate surface area is 153 Å². The van der Waals surface area contributed by atoms with E-state index in [9.17, 15) is 4.79 Å². The number of amides is 1. The van der Waals surface area contributed by atoms with E-state index in [4.69, 9.17) is 16.3 Å². The first-order valence-electron chi connectivity index (χ1n) is 7.27. The molecule has 0 unspecified atom stereocenters. The molecule has 0 fully saturated rings. The van der Waals surface area contributed by atoms with E-state index in [1.807, 2.05) is 18.4 Å². The molecular weight excluding hydrogens is 362 g/mol. The minimum atomic E-state index is -0.270. The van der Waals surface area contributed by atoms with Crippen LogP contribution in [0.4, 0.5) is 5.69 Å². The van der Waals surface area contributed by atoms with Crippen molar-refractivity contribution in [2.75, 3.05) is 18.2 Å². The maximum atomic E-state index is 12.1. The number of nitrogens with zero attached hydrogens (tertiary/aromatic N) is 4. The second-order valence-electron chi connectivity index (χ2n) is 4.92. The van der Waals surface area contributed by atoms with Crippen molar-refractivity contribution in [3.05, 3.63) is 53.6 Å². The molecule has 25 heavy (non-hydrogen) atoms. The smallest absolute Gasteiger partial charge is 0.262 e. The van der Waals surface area contributed by atoms with E-state index in [-0.39, 0.29) is 12.5 Å². The number of aromatic nitrogens is 4. The van der Waals surface area contributed by atoms with E-state index in [0.29, 0.717) is 21.6 Å². The predicted molar refractivity (Wildman–Crippen MR) is 96.5 cm³/mol. The number of carbonyl (C=O) groups excluding carboxylic acids is 1. The van der Waals surface area contributed by atoms with E-state index < -0.39 is 0 Å². The Morgan fingerprint density at radius 3 is 2.84 bits per heavy atom. The minimum absolute atomic E-state index is 0.104. The molecule has 1 N–H and O–H groups in total. The summed E-state index contributed by atoms with van der Waals surface area (Å²) in [6, 6.07) is 14.1. The van der Waals surface area contributed by atoms with E-state index in [1.165, 1.54) is 11.8 Å². The van der Waals surface area contributed by atoms with Crippen molar-refractivity contribution in [2.45, 2.75) is 5.16 Å². The molecule has 0 aliphatic heterocycles. The number of ether oxygens (including phenoxy) is 1. The zero-order valence-electron chi connectivity index (χ0n) is 13.2. The van der Waals surface area contributed by atoms with Crippen LogP contribution in [0, 0.1) is 0 Å². The van der Waals surface area contributed by atoms with Gasteiger partial charge in [-0.2, -0.15) is 4.68 Å². The number of thioether (sulfide) groups is 1. The fourth-order valence-electron chi connectivity index (χ4n) is 2.06. The van der Waals surface area contributed by atoms with Crippen LogP contribution in [0.25, 0.3) is 5.69 Å². The predicted octanol–water partition coefficient (Wildman–Crippen LogP) is 3.06. The molecule has 0 saturated heterocycles. The summed E-state index contributed by atoms with van der Waals surface area (Å²) in [6.45, 7) is -0.104. The summed E-state index contributed by atoms with van der Waals surface area (Å²) >= 11 is 7.24. The topological polar surface area (TPSA) is 81.9 Å². The van der Waals surface area contributed by atoms with Gasteiger partial charge >= 0.3 is 0 Å². The lowest BCUT2D eigenvalue weighted by molar-refractivity contribution is -0.118. The highest BCUT2D eigenvalue weighted by Crippen LogP contribution is 2.19. The third-order valence-electron chi connectivity index (χ3n) is 3.18. The van der Waals surface area contributed by atoms with Crippen molar-refractivity contribution in [2.24, 2.45) is 0 Å². The van der Waals surface area contributed by atoms with Gasteiger partial charge in [0.2, 0.25) is 5.16 Å². The molecule has 3 rings (SSSR count). The van der Waals surface area contributed by atoms with Crippen molar-refractivity contribution >= 4 is 35.0 Å². The zero-order valence-corrected chi connectivity index (χ0v) is 14.8. The average Bonchev–Trinajstić information content (AvgIpc) is 3.10. The lowest BCUT2D eigenvalue weighted by Gasteiger charge is -2.09. The molecule has 0 bridgehead atoms. The fraction of sp³-hybridized carbons (Fsp3) is 0.125. The SMILES string of the molecule is CSc1nnnn1-c1cccc(NC(=O)COc2ccc(Cl)cc2)c1. The van der Waals surface area contributed by atoms with Gasteiger partial charge in [0, 0.05) is 10.7 Å². The van der Waals surface area contributed by atoms with Crippen LogP contribution in [0.1, 0.15) is 0 Å². The largest absolute Gasteiger partial charge is 0.484 e. The number of tetrazole rings is 1. The summed E-state index contributed by atoms with van der Waals surface area (Å²) in [4.78, 5) is 12.1. The summed E-state index contributed by atoms with van der Waals surface area (Å²) in [6.07, 6.45) is 1.89. The van der Waals surface area contributed by atoms with E-state index in [2.05, 4.69) is 20.8 Å². The Kier molecular flexibility index (Phi) is 5.52. The summed E-state index contributed by atoms with van der Waals surface area (Å²) in [7, 11) is 0. The average molecular weight is 376 g/mol. The Balaban J connectivity index is 1.63. The number of hydrogen-bond acceptors (Lipinski definition) is 6. The van der Waals surface area contributed by atoms with Crippen molar-refractivity contribution in [1.29, 1.82) is 0 Å². The fourth-order valence-corrected chi connectivity index (χ4v) is 2.62. The van der Waals surface area contributed by atoms with Gasteiger partial charge in [-0.25, -0.2) is 0 Å². The van der Waals surface area contributed by atoms with Crippen LogP contribution in [0.2, 0.25) is 5.02 Å². The van der Waals surface area contributed by atoms with Crippen LogP contribution in [0.5, 0.6) is 5.75 Å². The molecule has 0 spiro atoms. The number of hydrogen-bond donors (Lipinski definition) is 1. The molecule has 0 radical (unpaired) electrons. The van der Waals surface area contributed by atoms with Gasteiger partial charge in [0.15, 0.2) is 6.61 Å². The van der Waals surface area contributed by atoms with Gasteiger partial charge in [-0.3, -0.25) is 4.79 Å². The van der Waals surface area contributed by atoms with Gasteiger partial charge in [0.1, 0.15) is 5.75 Å². The van der Waals surface area contributed by atoms with Crippen LogP contribution in [0.15, 0.2) is 53.7 Å². The maximum absolute atomic E-state index is 12.1. The van der Waals surface area contributed by atoms with Crippen molar-refractivity contribution in [3.8, 4) is 11.4 Å². The molecule has 0 atom stereocenters. The Bertz CT molecular complexity index is 869. The third-order valence-corrected chi connectivity index (χ3v) is 4.05. The Hall–Kier alpha value is -2.58. The van der Waals surface area contributed by atoms with Crippen molar-refractivity contribution in [1.82, 2.24) is 20.2 Å². The highest BCUT2D eigenvalue weighted by Gasteiger charge is 2.09. The zero-order chi connectivity index (χ0) is 17.6. The molecule has 1 amide bonds. The van der Waals surface area contributed by atoms with E-state index in [1.54, 1.807) is 41.1 Å². The van der Waals surface area contributed by atoms with Crippen molar-refractivity contribution in [3.63, 3.8) is 0 Å². The van der Waals surface area contributed by atoms with E-state index in [0.717, 1.165) is 5.69 Å². The summed E-state index contributed by atoms with van der Waals surface area (Å²) in [5, 5.41) is 15.6. The van der Waals surface area contributed by atoms with Crippen LogP contribution in [-0.4, -0.2) is 39.0 Å². The van der Waals surface area contributed by atoms with Crippen molar-refractivity contribution < 1.29 is 9.53 Å². The van der Waals surface area contributed by atoms with Gasteiger partial charge in [0.05, 0.1) is 5.69 Å². The molecule has 9 heteroatoms. The molecule has 1 heterocycles. The third kappa shape index (κ3) is 4.49. The number of benzene rings is 2. The molecule has 3 aromatic rings. The first-order valence-corrected chi connectivity index (χ1v) is 8.87. The second-order valence-corrected chi connectivity index (χ2v) is 6.13. The molecule has 2 aromatic carbocycles. The highest BCUT2D eigenvalue weighted by atomic mass is 35.5. The van der Waals surface area contributed by atoms with Crippen LogP contribution in [0.3, 0.4) is 0 Å². The van der Waals surface area contributed by atoms with Crippen LogP contribution >= 0.6 is 23.4 Å². The molecule has 0 aliphatic carbocycles. The lowest BCUT2D eigenvalue weighted by atomic mass is 10.3. The monoisotopic (exact) mass is 375 g/mol. The Morgan fingerprint density at radius 2 is 2.08 bits per heavy atom. The maximum Gasteiger partial charge on any atom is 0.262 e. The van der Waals surface area contributed by atoms with Gasteiger partial charge < -0.3 is 10.1 Å². The summed E-state index contributed by atoms with van der Waals surface area (Å²) < 4.78 is 7.02. The molecule has 1 aromatic heterocycles. The quantitative estimate of drug-likeness (QED) is 0.667. The molecular formula is C16H14ClN5O2S. The van der Waals surface area contributed by atoms with E-state index >= 15 is 0 Å². The molecule has 7 nitrogen and oxygen atoms in total.